The number of aryl methyl sites for hydroxylation is 1. The van der Waals surface area contributed by atoms with Gasteiger partial charge in [0.25, 0.3) is 5.91 Å². The minimum absolute atomic E-state index is 0.0148. The second-order valence-corrected chi connectivity index (χ2v) is 9.25. The zero-order valence-corrected chi connectivity index (χ0v) is 18.9. The number of ketones is 1. The number of hydrogen-bond acceptors (Lipinski definition) is 3. The van der Waals surface area contributed by atoms with Crippen molar-refractivity contribution >= 4 is 17.4 Å². The summed E-state index contributed by atoms with van der Waals surface area (Å²) in [6.07, 6.45) is 10.9. The molecule has 2 aliphatic carbocycles. The summed E-state index contributed by atoms with van der Waals surface area (Å²) < 4.78 is 0. The molecule has 166 valence electrons. The summed E-state index contributed by atoms with van der Waals surface area (Å²) in [7, 11) is 0. The lowest BCUT2D eigenvalue weighted by Crippen LogP contribution is -2.40. The highest BCUT2D eigenvalue weighted by Crippen LogP contribution is 2.49. The van der Waals surface area contributed by atoms with Gasteiger partial charge in [0.15, 0.2) is 5.78 Å². The van der Waals surface area contributed by atoms with Gasteiger partial charge < -0.3 is 5.32 Å². The molecular weight excluding hydrogens is 408 g/mol. The van der Waals surface area contributed by atoms with E-state index >= 15 is 0 Å². The van der Waals surface area contributed by atoms with E-state index in [-0.39, 0.29) is 17.1 Å². The Morgan fingerprint density at radius 1 is 1.09 bits per heavy atom. The fourth-order valence-electron chi connectivity index (χ4n) is 5.58. The van der Waals surface area contributed by atoms with Gasteiger partial charge in [0, 0.05) is 22.7 Å². The van der Waals surface area contributed by atoms with E-state index in [9.17, 15) is 9.59 Å². The van der Waals surface area contributed by atoms with Crippen LogP contribution in [-0.2, 0) is 11.8 Å². The van der Waals surface area contributed by atoms with Crippen LogP contribution in [0.2, 0.25) is 0 Å². The minimum Gasteiger partial charge on any atom is -0.320 e. The maximum absolute atomic E-state index is 13.2. The zero-order chi connectivity index (χ0) is 22.8. The number of anilines is 1. The quantitative estimate of drug-likeness (QED) is 0.540. The molecule has 2 aliphatic rings. The maximum atomic E-state index is 13.2. The third kappa shape index (κ3) is 4.02. The Kier molecular flexibility index (Phi) is 5.67. The molecule has 33 heavy (non-hydrogen) atoms. The third-order valence-electron chi connectivity index (χ3n) is 7.28. The van der Waals surface area contributed by atoms with Crippen LogP contribution in [-0.4, -0.2) is 16.7 Å². The van der Waals surface area contributed by atoms with Gasteiger partial charge in [0.1, 0.15) is 0 Å². The van der Waals surface area contributed by atoms with Crippen LogP contribution in [0.1, 0.15) is 63.2 Å². The average Bonchev–Trinajstić information content (AvgIpc) is 2.96. The number of nitrogens with one attached hydrogen (secondary N) is 1. The number of allylic oxidation sites excluding steroid dienone is 2. The Labute approximate surface area is 194 Å². The molecule has 0 bridgehead atoms. The maximum Gasteiger partial charge on any atom is 0.255 e. The molecule has 1 heterocycles. The molecule has 0 aliphatic heterocycles. The van der Waals surface area contributed by atoms with Crippen molar-refractivity contribution < 1.29 is 9.59 Å². The predicted octanol–water partition coefficient (Wildman–Crippen LogP) is 6.07. The number of pyridine rings is 1. The van der Waals surface area contributed by atoms with Gasteiger partial charge in [-0.1, -0.05) is 55.3 Å². The minimum atomic E-state index is -0.229. The van der Waals surface area contributed by atoms with Crippen LogP contribution in [0.4, 0.5) is 5.69 Å². The Morgan fingerprint density at radius 2 is 1.94 bits per heavy atom. The van der Waals surface area contributed by atoms with Crippen LogP contribution in [0.3, 0.4) is 0 Å². The molecule has 3 aromatic rings. The summed E-state index contributed by atoms with van der Waals surface area (Å²) >= 11 is 0. The number of carbonyl (C=O) groups is 2. The number of amides is 1. The van der Waals surface area contributed by atoms with Gasteiger partial charge in [-0.2, -0.15) is 0 Å². The molecular formula is C29H28N2O2. The van der Waals surface area contributed by atoms with Crippen molar-refractivity contribution in [3.8, 4) is 0 Å². The summed E-state index contributed by atoms with van der Waals surface area (Å²) in [5.41, 5.74) is 4.81. The molecule has 2 unspecified atom stereocenters. The Morgan fingerprint density at radius 3 is 2.76 bits per heavy atom. The first-order valence-electron chi connectivity index (χ1n) is 11.7. The standard InChI is InChI=1S/C29H28N2O2/c1-20-26(11-7-17-30-20)31-28(33)22-12-14-25-24(18-22)27(32)15-13-23-10-5-6-16-29(23,25)19-21-8-3-2-4-9-21/h2-4,7-9,11-15,17-18,23H,5-6,10,16,19H2,1H3,(H,31,33). The Bertz CT molecular complexity index is 1230. The van der Waals surface area contributed by atoms with E-state index in [4.69, 9.17) is 0 Å². The number of nitrogens with zero attached hydrogens (tertiary/aromatic N) is 1. The van der Waals surface area contributed by atoms with Gasteiger partial charge >= 0.3 is 0 Å². The topological polar surface area (TPSA) is 59.1 Å². The van der Waals surface area contributed by atoms with Crippen LogP contribution < -0.4 is 5.32 Å². The lowest BCUT2D eigenvalue weighted by atomic mass is 9.59. The molecule has 0 radical (unpaired) electrons. The number of aromatic nitrogens is 1. The number of rotatable bonds is 4. The molecule has 4 nitrogen and oxygen atoms in total. The monoisotopic (exact) mass is 436 g/mol. The van der Waals surface area contributed by atoms with Crippen LogP contribution in [0, 0.1) is 12.8 Å². The summed E-state index contributed by atoms with van der Waals surface area (Å²) in [6, 6.07) is 19.9. The fraction of sp³-hybridized carbons (Fsp3) is 0.276. The number of benzene rings is 2. The first kappa shape index (κ1) is 21.3. The van der Waals surface area contributed by atoms with Crippen molar-refractivity contribution in [1.82, 2.24) is 4.98 Å². The molecule has 1 N–H and O–H groups in total. The van der Waals surface area contributed by atoms with Crippen molar-refractivity contribution in [2.75, 3.05) is 5.32 Å². The fourth-order valence-corrected chi connectivity index (χ4v) is 5.58. The van der Waals surface area contributed by atoms with Gasteiger partial charge in [-0.15, -0.1) is 0 Å². The predicted molar refractivity (Wildman–Crippen MR) is 131 cm³/mol. The van der Waals surface area contributed by atoms with Gasteiger partial charge in [-0.05, 0) is 73.6 Å². The number of fused-ring (bicyclic) bond motifs is 3. The first-order chi connectivity index (χ1) is 16.1. The molecule has 0 saturated heterocycles. The van der Waals surface area contributed by atoms with Crippen LogP contribution in [0.5, 0.6) is 0 Å². The Balaban J connectivity index is 1.56. The summed E-state index contributed by atoms with van der Waals surface area (Å²) in [5.74, 6) is 0.0700. The van der Waals surface area contributed by atoms with Gasteiger partial charge in [-0.25, -0.2) is 0 Å². The number of hydrogen-bond donors (Lipinski definition) is 1. The average molecular weight is 437 g/mol. The molecule has 2 atom stereocenters. The van der Waals surface area contributed by atoms with E-state index in [1.165, 1.54) is 12.0 Å². The number of carbonyl (C=O) groups excluding carboxylic acids is 2. The van der Waals surface area contributed by atoms with Crippen LogP contribution >= 0.6 is 0 Å². The second kappa shape index (κ2) is 8.78. The van der Waals surface area contributed by atoms with E-state index in [0.717, 1.165) is 36.9 Å². The smallest absolute Gasteiger partial charge is 0.255 e. The summed E-state index contributed by atoms with van der Waals surface area (Å²) in [6.45, 7) is 1.86. The third-order valence-corrected chi connectivity index (χ3v) is 7.28. The van der Waals surface area contributed by atoms with Crippen molar-refractivity contribution in [3.63, 3.8) is 0 Å². The zero-order valence-electron chi connectivity index (χ0n) is 18.9. The normalized spacial score (nSPS) is 21.6. The van der Waals surface area contributed by atoms with Gasteiger partial charge in [-0.3, -0.25) is 14.6 Å². The lowest BCUT2D eigenvalue weighted by molar-refractivity contribution is 0.102. The largest absolute Gasteiger partial charge is 0.320 e. The van der Waals surface area contributed by atoms with Crippen molar-refractivity contribution in [1.29, 1.82) is 0 Å². The van der Waals surface area contributed by atoms with E-state index in [1.807, 2.05) is 31.2 Å². The van der Waals surface area contributed by atoms with Gasteiger partial charge in [0.2, 0.25) is 0 Å². The molecule has 1 aromatic heterocycles. The highest BCUT2D eigenvalue weighted by molar-refractivity contribution is 6.10. The van der Waals surface area contributed by atoms with Crippen molar-refractivity contribution in [2.45, 2.75) is 44.4 Å². The first-order valence-corrected chi connectivity index (χ1v) is 11.7. The summed E-state index contributed by atoms with van der Waals surface area (Å²) in [5, 5.41) is 2.94. The highest BCUT2D eigenvalue weighted by Gasteiger charge is 2.44. The van der Waals surface area contributed by atoms with Crippen molar-refractivity contribution in [3.05, 3.63) is 107 Å². The molecule has 1 amide bonds. The van der Waals surface area contributed by atoms with E-state index in [0.29, 0.717) is 22.7 Å². The van der Waals surface area contributed by atoms with Crippen LogP contribution in [0.15, 0.2) is 79.0 Å². The molecule has 0 spiro atoms. The lowest BCUT2D eigenvalue weighted by Gasteiger charge is -2.44. The van der Waals surface area contributed by atoms with Crippen molar-refractivity contribution in [2.24, 2.45) is 5.92 Å². The molecule has 4 heteroatoms. The van der Waals surface area contributed by atoms with E-state index in [2.05, 4.69) is 40.6 Å². The van der Waals surface area contributed by atoms with E-state index < -0.39 is 0 Å². The second-order valence-electron chi connectivity index (χ2n) is 9.25. The SMILES string of the molecule is Cc1ncccc1NC(=O)c1ccc2c(c1)C(=O)C=CC1CCCCC21Cc1ccccc1. The highest BCUT2D eigenvalue weighted by atomic mass is 16.1. The molecule has 1 fully saturated rings. The van der Waals surface area contributed by atoms with Gasteiger partial charge in [0.05, 0.1) is 11.4 Å². The van der Waals surface area contributed by atoms with Crippen LogP contribution in [0.25, 0.3) is 0 Å². The van der Waals surface area contributed by atoms with E-state index in [1.54, 1.807) is 24.4 Å². The Hall–Kier alpha value is -3.53. The molecule has 2 aromatic carbocycles. The molecule has 5 rings (SSSR count). The molecule has 1 saturated carbocycles. The summed E-state index contributed by atoms with van der Waals surface area (Å²) in [4.78, 5) is 30.5.